The van der Waals surface area contributed by atoms with Crippen LogP contribution in [0.4, 0.5) is 4.79 Å². The highest BCUT2D eigenvalue weighted by atomic mass is 35.5. The molecule has 1 atom stereocenters. The topological polar surface area (TPSA) is 87.7 Å². The van der Waals surface area contributed by atoms with Crippen molar-refractivity contribution in [1.82, 2.24) is 10.6 Å². The third kappa shape index (κ3) is 5.39. The Hall–Kier alpha value is -1.79. The van der Waals surface area contributed by atoms with Crippen LogP contribution in [-0.4, -0.2) is 36.9 Å². The molecule has 0 aromatic heterocycles. The lowest BCUT2D eigenvalue weighted by Crippen LogP contribution is -2.46. The molecule has 6 nitrogen and oxygen atoms in total. The molecule has 0 bridgehead atoms. The van der Waals surface area contributed by atoms with Crippen molar-refractivity contribution < 1.29 is 19.4 Å². The van der Waals surface area contributed by atoms with E-state index in [1.165, 1.54) is 0 Å². The summed E-state index contributed by atoms with van der Waals surface area (Å²) in [6.45, 7) is 0.333. The van der Waals surface area contributed by atoms with Crippen LogP contribution < -0.4 is 10.6 Å². The van der Waals surface area contributed by atoms with Crippen LogP contribution in [-0.2, 0) is 9.53 Å². The number of hydrogen-bond donors (Lipinski definition) is 3. The number of amides is 2. The van der Waals surface area contributed by atoms with E-state index in [1.54, 1.807) is 19.2 Å². The van der Waals surface area contributed by atoms with Crippen molar-refractivity contribution in [1.29, 1.82) is 0 Å². The molecule has 1 unspecified atom stereocenters. The minimum absolute atomic E-state index is 0.00292. The van der Waals surface area contributed by atoms with Crippen molar-refractivity contribution in [2.24, 2.45) is 5.92 Å². The molecule has 1 aliphatic rings. The van der Waals surface area contributed by atoms with Gasteiger partial charge in [0.2, 0.25) is 0 Å². The molecular weight excluding hydrogens is 332 g/mol. The van der Waals surface area contributed by atoms with Gasteiger partial charge >= 0.3 is 12.0 Å². The zero-order chi connectivity index (χ0) is 17.5. The number of aliphatic carboxylic acids is 1. The van der Waals surface area contributed by atoms with Crippen LogP contribution >= 0.6 is 11.6 Å². The predicted molar refractivity (Wildman–Crippen MR) is 91.1 cm³/mol. The Morgan fingerprint density at radius 1 is 1.33 bits per heavy atom. The molecule has 0 spiro atoms. The molecule has 1 fully saturated rings. The zero-order valence-corrected chi connectivity index (χ0v) is 14.4. The number of rotatable bonds is 6. The molecular formula is C17H23ClN2O4. The van der Waals surface area contributed by atoms with E-state index in [2.05, 4.69) is 10.6 Å². The number of carboxylic acids is 1. The number of carbonyl (C=O) groups excluding carboxylic acids is 1. The van der Waals surface area contributed by atoms with E-state index in [-0.39, 0.29) is 24.0 Å². The standard InChI is InChI=1S/C17H23ClN2O4/c1-24-10-15(12-3-2-4-13(18)9-12)20-17(23)19-14-7-5-11(6-8-14)16(21)22/h2-4,9,11,14-15H,5-8,10H2,1H3,(H,21,22)(H2,19,20,23). The van der Waals surface area contributed by atoms with Crippen LogP contribution in [0.5, 0.6) is 0 Å². The number of halogens is 1. The van der Waals surface area contributed by atoms with Crippen molar-refractivity contribution in [3.63, 3.8) is 0 Å². The largest absolute Gasteiger partial charge is 0.481 e. The number of hydrogen-bond acceptors (Lipinski definition) is 3. The predicted octanol–water partition coefficient (Wildman–Crippen LogP) is 2.97. The van der Waals surface area contributed by atoms with Crippen molar-refractivity contribution >= 4 is 23.6 Å². The van der Waals surface area contributed by atoms with Crippen LogP contribution in [0, 0.1) is 5.92 Å². The van der Waals surface area contributed by atoms with Gasteiger partial charge in [-0.25, -0.2) is 4.79 Å². The Morgan fingerprint density at radius 3 is 2.62 bits per heavy atom. The van der Waals surface area contributed by atoms with Gasteiger partial charge < -0.3 is 20.5 Å². The highest BCUT2D eigenvalue weighted by Crippen LogP contribution is 2.24. The van der Waals surface area contributed by atoms with Crippen LogP contribution in [0.15, 0.2) is 24.3 Å². The fourth-order valence-corrected chi connectivity index (χ4v) is 3.18. The Balaban J connectivity index is 1.88. The van der Waals surface area contributed by atoms with Crippen LogP contribution in [0.25, 0.3) is 0 Å². The zero-order valence-electron chi connectivity index (χ0n) is 13.6. The molecule has 2 rings (SSSR count). The SMILES string of the molecule is COCC(NC(=O)NC1CCC(C(=O)O)CC1)c1cccc(Cl)c1. The highest BCUT2D eigenvalue weighted by molar-refractivity contribution is 6.30. The minimum atomic E-state index is -0.751. The summed E-state index contributed by atoms with van der Waals surface area (Å²) in [4.78, 5) is 23.2. The first-order valence-electron chi connectivity index (χ1n) is 8.04. The Kier molecular flexibility index (Phi) is 6.87. The van der Waals surface area contributed by atoms with Crippen molar-refractivity contribution in [3.05, 3.63) is 34.9 Å². The molecule has 0 heterocycles. The number of urea groups is 1. The smallest absolute Gasteiger partial charge is 0.315 e. The average molecular weight is 355 g/mol. The molecule has 1 aromatic carbocycles. The first-order valence-corrected chi connectivity index (χ1v) is 8.41. The lowest BCUT2D eigenvalue weighted by molar-refractivity contribution is -0.142. The van der Waals surface area contributed by atoms with Gasteiger partial charge in [0.15, 0.2) is 0 Å². The van der Waals surface area contributed by atoms with Gasteiger partial charge in [-0.2, -0.15) is 0 Å². The normalized spacial score (nSPS) is 21.8. The molecule has 1 aromatic rings. The number of carbonyl (C=O) groups is 2. The van der Waals surface area contributed by atoms with Gasteiger partial charge in [-0.15, -0.1) is 0 Å². The molecule has 132 valence electrons. The van der Waals surface area contributed by atoms with Gasteiger partial charge in [0, 0.05) is 18.2 Å². The van der Waals surface area contributed by atoms with Crippen molar-refractivity contribution in [2.75, 3.05) is 13.7 Å². The second kappa shape index (κ2) is 8.89. The monoisotopic (exact) mass is 354 g/mol. The summed E-state index contributed by atoms with van der Waals surface area (Å²) in [6, 6.07) is 6.70. The maximum Gasteiger partial charge on any atom is 0.315 e. The van der Waals surface area contributed by atoms with Crippen molar-refractivity contribution in [2.45, 2.75) is 37.8 Å². The number of ether oxygens (including phenoxy) is 1. The quantitative estimate of drug-likeness (QED) is 0.732. The second-order valence-corrected chi connectivity index (χ2v) is 6.50. The lowest BCUT2D eigenvalue weighted by atomic mass is 9.86. The summed E-state index contributed by atoms with van der Waals surface area (Å²) in [6.07, 6.45) is 2.54. The van der Waals surface area contributed by atoms with Crippen molar-refractivity contribution in [3.8, 4) is 0 Å². The van der Waals surface area contributed by atoms with Crippen LogP contribution in [0.2, 0.25) is 5.02 Å². The van der Waals surface area contributed by atoms with Gasteiger partial charge in [-0.3, -0.25) is 4.79 Å². The Bertz CT molecular complexity index is 573. The third-order valence-electron chi connectivity index (χ3n) is 4.30. The molecule has 0 aliphatic heterocycles. The molecule has 24 heavy (non-hydrogen) atoms. The fourth-order valence-electron chi connectivity index (χ4n) is 2.98. The van der Waals surface area contributed by atoms with Gasteiger partial charge in [0.05, 0.1) is 18.6 Å². The maximum atomic E-state index is 12.2. The van der Waals surface area contributed by atoms with Gasteiger partial charge in [-0.1, -0.05) is 23.7 Å². The molecule has 2 amide bonds. The van der Waals surface area contributed by atoms with Gasteiger partial charge in [0.1, 0.15) is 0 Å². The van der Waals surface area contributed by atoms with E-state index in [4.69, 9.17) is 21.4 Å². The number of carboxylic acid groups (broad SMARTS) is 1. The molecule has 0 radical (unpaired) electrons. The number of benzene rings is 1. The minimum Gasteiger partial charge on any atom is -0.481 e. The molecule has 1 saturated carbocycles. The summed E-state index contributed by atoms with van der Waals surface area (Å²) >= 11 is 6.00. The Morgan fingerprint density at radius 2 is 2.04 bits per heavy atom. The first-order chi connectivity index (χ1) is 11.5. The van der Waals surface area contributed by atoms with Gasteiger partial charge in [0.25, 0.3) is 0 Å². The summed E-state index contributed by atoms with van der Waals surface area (Å²) < 4.78 is 5.18. The van der Waals surface area contributed by atoms with E-state index in [0.29, 0.717) is 37.3 Å². The Labute approximate surface area is 146 Å². The first kappa shape index (κ1) is 18.5. The van der Waals surface area contributed by atoms with E-state index < -0.39 is 5.97 Å². The summed E-state index contributed by atoms with van der Waals surface area (Å²) in [5.41, 5.74) is 0.870. The third-order valence-corrected chi connectivity index (χ3v) is 4.54. The number of methoxy groups -OCH3 is 1. The molecule has 0 saturated heterocycles. The summed E-state index contributed by atoms with van der Waals surface area (Å²) in [5.74, 6) is -1.04. The van der Waals surface area contributed by atoms with E-state index >= 15 is 0 Å². The van der Waals surface area contributed by atoms with E-state index in [1.807, 2.05) is 12.1 Å². The molecule has 1 aliphatic carbocycles. The van der Waals surface area contributed by atoms with Crippen LogP contribution in [0.3, 0.4) is 0 Å². The lowest BCUT2D eigenvalue weighted by Gasteiger charge is -2.28. The highest BCUT2D eigenvalue weighted by Gasteiger charge is 2.27. The van der Waals surface area contributed by atoms with Gasteiger partial charge in [-0.05, 0) is 43.4 Å². The van der Waals surface area contributed by atoms with E-state index in [0.717, 1.165) is 5.56 Å². The molecule has 7 heteroatoms. The molecule has 3 N–H and O–H groups in total. The second-order valence-electron chi connectivity index (χ2n) is 6.07. The van der Waals surface area contributed by atoms with Crippen LogP contribution in [0.1, 0.15) is 37.3 Å². The summed E-state index contributed by atoms with van der Waals surface area (Å²) in [7, 11) is 1.57. The van der Waals surface area contributed by atoms with E-state index in [9.17, 15) is 9.59 Å². The average Bonchev–Trinajstić information content (AvgIpc) is 2.55. The maximum absolute atomic E-state index is 12.2. The number of nitrogens with one attached hydrogen (secondary N) is 2. The fraction of sp³-hybridized carbons (Fsp3) is 0.529. The summed E-state index contributed by atoms with van der Waals surface area (Å²) in [5, 5.41) is 15.4.